The van der Waals surface area contributed by atoms with Crippen molar-refractivity contribution in [2.24, 2.45) is 5.92 Å². The molecule has 0 radical (unpaired) electrons. The minimum atomic E-state index is -3.58. The maximum atomic E-state index is 11.8. The number of hydrogen-bond donors (Lipinski definition) is 2. The summed E-state index contributed by atoms with van der Waals surface area (Å²) in [4.78, 5) is 3.78. The number of nitrogen functional groups attached to an aromatic ring is 1. The highest BCUT2D eigenvalue weighted by Crippen LogP contribution is 2.13. The summed E-state index contributed by atoms with van der Waals surface area (Å²) in [7, 11) is -3.58. The van der Waals surface area contributed by atoms with E-state index in [1.165, 1.54) is 12.3 Å². The van der Waals surface area contributed by atoms with Crippen LogP contribution in [0.4, 0.5) is 5.69 Å². The summed E-state index contributed by atoms with van der Waals surface area (Å²) in [6.45, 7) is 4.38. The zero-order valence-corrected chi connectivity index (χ0v) is 10.3. The first-order chi connectivity index (χ1) is 7.47. The van der Waals surface area contributed by atoms with Crippen LogP contribution in [0.25, 0.3) is 0 Å². The van der Waals surface area contributed by atoms with Crippen LogP contribution in [0.15, 0.2) is 23.4 Å². The molecule has 0 fully saturated rings. The van der Waals surface area contributed by atoms with Crippen molar-refractivity contribution in [3.8, 4) is 0 Å². The third kappa shape index (κ3) is 3.18. The van der Waals surface area contributed by atoms with Gasteiger partial charge in [-0.25, -0.2) is 18.1 Å². The molecule has 16 heavy (non-hydrogen) atoms. The molecular weight excluding hydrogens is 226 g/mol. The molecule has 90 valence electrons. The second-order valence-corrected chi connectivity index (χ2v) is 5.45. The van der Waals surface area contributed by atoms with Crippen LogP contribution in [-0.2, 0) is 10.0 Å². The molecule has 0 amide bonds. The van der Waals surface area contributed by atoms with Crippen LogP contribution in [0.3, 0.4) is 0 Å². The molecule has 0 aliphatic carbocycles. The summed E-state index contributed by atoms with van der Waals surface area (Å²) in [5, 5.41) is -0.0988. The van der Waals surface area contributed by atoms with Gasteiger partial charge in [0.2, 0.25) is 0 Å². The SMILES string of the molecule is CCC(C)CNS(=O)(=O)c1ncccc1N. The number of nitrogens with zero attached hydrogens (tertiary/aromatic N) is 1. The van der Waals surface area contributed by atoms with Crippen LogP contribution < -0.4 is 10.5 Å². The predicted molar refractivity (Wildman–Crippen MR) is 63.3 cm³/mol. The average Bonchev–Trinajstić information content (AvgIpc) is 2.26. The highest BCUT2D eigenvalue weighted by atomic mass is 32.2. The topological polar surface area (TPSA) is 85.1 Å². The monoisotopic (exact) mass is 243 g/mol. The largest absolute Gasteiger partial charge is 0.396 e. The van der Waals surface area contributed by atoms with Crippen molar-refractivity contribution in [2.75, 3.05) is 12.3 Å². The molecule has 5 nitrogen and oxygen atoms in total. The minimum absolute atomic E-state index is 0.0988. The summed E-state index contributed by atoms with van der Waals surface area (Å²) >= 11 is 0. The number of aromatic nitrogens is 1. The first kappa shape index (κ1) is 12.9. The van der Waals surface area contributed by atoms with Crippen LogP contribution in [-0.4, -0.2) is 19.9 Å². The van der Waals surface area contributed by atoms with Gasteiger partial charge in [0.25, 0.3) is 10.0 Å². The van der Waals surface area contributed by atoms with Crippen LogP contribution in [0.1, 0.15) is 20.3 Å². The van der Waals surface area contributed by atoms with Gasteiger partial charge in [-0.2, -0.15) is 0 Å². The molecule has 0 aliphatic heterocycles. The highest BCUT2D eigenvalue weighted by Gasteiger charge is 2.18. The highest BCUT2D eigenvalue weighted by molar-refractivity contribution is 7.89. The van der Waals surface area contributed by atoms with E-state index in [1.807, 2.05) is 13.8 Å². The summed E-state index contributed by atoms with van der Waals surface area (Å²) in [5.74, 6) is 0.291. The zero-order valence-electron chi connectivity index (χ0n) is 9.47. The second-order valence-electron chi connectivity index (χ2n) is 3.76. The van der Waals surface area contributed by atoms with Crippen LogP contribution >= 0.6 is 0 Å². The summed E-state index contributed by atoms with van der Waals surface area (Å²) in [5.41, 5.74) is 5.73. The number of nitrogens with two attached hydrogens (primary N) is 1. The number of hydrogen-bond acceptors (Lipinski definition) is 4. The molecule has 1 heterocycles. The van der Waals surface area contributed by atoms with Gasteiger partial charge in [0.15, 0.2) is 5.03 Å². The molecule has 0 spiro atoms. The molecule has 1 rings (SSSR count). The van der Waals surface area contributed by atoms with Crippen molar-refractivity contribution in [2.45, 2.75) is 25.3 Å². The third-order valence-corrected chi connectivity index (χ3v) is 3.77. The lowest BCUT2D eigenvalue weighted by Crippen LogP contribution is -2.29. The molecular formula is C10H17N3O2S. The molecule has 3 N–H and O–H groups in total. The van der Waals surface area contributed by atoms with Crippen LogP contribution in [0.2, 0.25) is 0 Å². The molecule has 1 aromatic rings. The van der Waals surface area contributed by atoms with E-state index in [-0.39, 0.29) is 10.7 Å². The van der Waals surface area contributed by atoms with Crippen molar-refractivity contribution in [3.05, 3.63) is 18.3 Å². The fourth-order valence-electron chi connectivity index (χ4n) is 1.09. The Labute approximate surface area is 96.1 Å². The molecule has 1 unspecified atom stereocenters. The first-order valence-electron chi connectivity index (χ1n) is 5.17. The fraction of sp³-hybridized carbons (Fsp3) is 0.500. The molecule has 0 aliphatic rings. The molecule has 1 aromatic heterocycles. The molecule has 6 heteroatoms. The van der Waals surface area contributed by atoms with Crippen LogP contribution in [0, 0.1) is 5.92 Å². The quantitative estimate of drug-likeness (QED) is 0.807. The number of pyridine rings is 1. The lowest BCUT2D eigenvalue weighted by atomic mass is 10.1. The van der Waals surface area contributed by atoms with Crippen molar-refractivity contribution >= 4 is 15.7 Å². The van der Waals surface area contributed by atoms with Gasteiger partial charge in [-0.1, -0.05) is 20.3 Å². The van der Waals surface area contributed by atoms with E-state index in [0.29, 0.717) is 12.5 Å². The summed E-state index contributed by atoms with van der Waals surface area (Å²) in [6.07, 6.45) is 2.33. The first-order valence-corrected chi connectivity index (χ1v) is 6.66. The molecule has 0 bridgehead atoms. The Hall–Kier alpha value is -1.14. The van der Waals surface area contributed by atoms with E-state index < -0.39 is 10.0 Å². The Bertz CT molecular complexity index is 445. The second kappa shape index (κ2) is 5.27. The van der Waals surface area contributed by atoms with Gasteiger partial charge in [-0.05, 0) is 18.1 Å². The smallest absolute Gasteiger partial charge is 0.260 e. The van der Waals surface area contributed by atoms with Gasteiger partial charge in [-0.15, -0.1) is 0 Å². The number of rotatable bonds is 5. The van der Waals surface area contributed by atoms with Crippen LogP contribution in [0.5, 0.6) is 0 Å². The molecule has 0 aromatic carbocycles. The maximum absolute atomic E-state index is 11.8. The lowest BCUT2D eigenvalue weighted by molar-refractivity contribution is 0.527. The standard InChI is InChI=1S/C10H17N3O2S/c1-3-8(2)7-13-16(14,15)10-9(11)5-4-6-12-10/h4-6,8,13H,3,7,11H2,1-2H3. The zero-order chi connectivity index (χ0) is 12.2. The Kier molecular flexibility index (Phi) is 4.26. The summed E-state index contributed by atoms with van der Waals surface area (Å²) in [6, 6.07) is 3.12. The summed E-state index contributed by atoms with van der Waals surface area (Å²) < 4.78 is 26.1. The van der Waals surface area contributed by atoms with E-state index in [0.717, 1.165) is 6.42 Å². The normalized spacial score (nSPS) is 13.6. The molecule has 1 atom stereocenters. The Morgan fingerprint density at radius 1 is 1.56 bits per heavy atom. The molecule has 0 saturated heterocycles. The fourth-order valence-corrected chi connectivity index (χ4v) is 2.31. The van der Waals surface area contributed by atoms with Gasteiger partial charge in [0, 0.05) is 12.7 Å². The third-order valence-electron chi connectivity index (χ3n) is 2.37. The van der Waals surface area contributed by atoms with E-state index >= 15 is 0 Å². The minimum Gasteiger partial charge on any atom is -0.396 e. The number of sulfonamides is 1. The van der Waals surface area contributed by atoms with E-state index in [4.69, 9.17) is 5.73 Å². The van der Waals surface area contributed by atoms with Gasteiger partial charge in [-0.3, -0.25) is 0 Å². The van der Waals surface area contributed by atoms with E-state index in [9.17, 15) is 8.42 Å². The average molecular weight is 243 g/mol. The van der Waals surface area contributed by atoms with Gasteiger partial charge < -0.3 is 5.73 Å². The van der Waals surface area contributed by atoms with Crippen molar-refractivity contribution in [3.63, 3.8) is 0 Å². The predicted octanol–water partition coefficient (Wildman–Crippen LogP) is 0.988. The van der Waals surface area contributed by atoms with Gasteiger partial charge >= 0.3 is 0 Å². The number of nitrogens with one attached hydrogen (secondary N) is 1. The Morgan fingerprint density at radius 3 is 2.81 bits per heavy atom. The molecule has 0 saturated carbocycles. The van der Waals surface area contributed by atoms with E-state index in [1.54, 1.807) is 6.07 Å². The van der Waals surface area contributed by atoms with Crippen molar-refractivity contribution in [1.82, 2.24) is 9.71 Å². The number of anilines is 1. The Balaban J connectivity index is 2.83. The van der Waals surface area contributed by atoms with Crippen molar-refractivity contribution < 1.29 is 8.42 Å². The Morgan fingerprint density at radius 2 is 2.25 bits per heavy atom. The van der Waals surface area contributed by atoms with Gasteiger partial charge in [0.05, 0.1) is 5.69 Å². The van der Waals surface area contributed by atoms with Crippen molar-refractivity contribution in [1.29, 1.82) is 0 Å². The lowest BCUT2D eigenvalue weighted by Gasteiger charge is -2.11. The van der Waals surface area contributed by atoms with E-state index in [2.05, 4.69) is 9.71 Å². The maximum Gasteiger partial charge on any atom is 0.260 e. The van der Waals surface area contributed by atoms with Gasteiger partial charge in [0.1, 0.15) is 0 Å².